The van der Waals surface area contributed by atoms with Crippen molar-refractivity contribution in [1.82, 2.24) is 4.98 Å². The molecule has 1 aromatic carbocycles. The Bertz CT molecular complexity index is 1030. The molecule has 2 aliphatic rings. The number of aryl methyl sites for hydroxylation is 1. The number of fused-ring (bicyclic) bond motifs is 2. The second-order valence-corrected chi connectivity index (χ2v) is 10.7. The van der Waals surface area contributed by atoms with Crippen LogP contribution in [0.15, 0.2) is 41.3 Å². The lowest BCUT2D eigenvalue weighted by molar-refractivity contribution is -0.118. The Morgan fingerprint density at radius 3 is 2.48 bits per heavy atom. The summed E-state index contributed by atoms with van der Waals surface area (Å²) in [6, 6.07) is 10.5. The van der Waals surface area contributed by atoms with E-state index in [1.54, 1.807) is 37.3 Å². The highest BCUT2D eigenvalue weighted by Crippen LogP contribution is 2.50. The van der Waals surface area contributed by atoms with Gasteiger partial charge in [-0.05, 0) is 49.1 Å². The van der Waals surface area contributed by atoms with Crippen molar-refractivity contribution >= 4 is 33.0 Å². The third kappa shape index (κ3) is 3.80. The highest BCUT2D eigenvalue weighted by atomic mass is 35.5. The molecule has 0 radical (unpaired) electrons. The maximum atomic E-state index is 13.0. The first-order valence-electron chi connectivity index (χ1n) is 10.1. The van der Waals surface area contributed by atoms with Gasteiger partial charge in [0, 0.05) is 18.4 Å². The summed E-state index contributed by atoms with van der Waals surface area (Å²) >= 11 is 6.15. The zero-order valence-corrected chi connectivity index (χ0v) is 18.1. The van der Waals surface area contributed by atoms with Gasteiger partial charge < -0.3 is 4.90 Å². The van der Waals surface area contributed by atoms with E-state index in [-0.39, 0.29) is 17.1 Å². The zero-order chi connectivity index (χ0) is 20.6. The number of hydrogen-bond acceptors (Lipinski definition) is 4. The van der Waals surface area contributed by atoms with Crippen molar-refractivity contribution < 1.29 is 13.2 Å². The Hall–Kier alpha value is -1.92. The Kier molecular flexibility index (Phi) is 5.42. The van der Waals surface area contributed by atoms with Crippen molar-refractivity contribution in [2.75, 3.05) is 17.2 Å². The second-order valence-electron chi connectivity index (χ2n) is 8.02. The molecule has 1 amide bonds. The quantitative estimate of drug-likeness (QED) is 0.660. The molecule has 0 saturated heterocycles. The predicted molar refractivity (Wildman–Crippen MR) is 114 cm³/mol. The fourth-order valence-electron chi connectivity index (χ4n) is 4.58. The van der Waals surface area contributed by atoms with Gasteiger partial charge in [0.1, 0.15) is 5.15 Å². The molecule has 5 nitrogen and oxygen atoms in total. The molecule has 7 heteroatoms. The number of benzene rings is 1. The lowest BCUT2D eigenvalue weighted by atomic mass is 9.84. The van der Waals surface area contributed by atoms with Gasteiger partial charge in [-0.1, -0.05) is 43.5 Å². The number of amides is 1. The molecule has 154 valence electrons. The smallest absolute Gasteiger partial charge is 0.227 e. The summed E-state index contributed by atoms with van der Waals surface area (Å²) in [6.07, 6.45) is 5.35. The van der Waals surface area contributed by atoms with Crippen LogP contribution in [0.1, 0.15) is 50.3 Å². The number of nitrogens with zero attached hydrogens (tertiary/aromatic N) is 2. The number of rotatable bonds is 5. The van der Waals surface area contributed by atoms with E-state index in [0.29, 0.717) is 29.4 Å². The van der Waals surface area contributed by atoms with Crippen molar-refractivity contribution in [3.05, 3.63) is 52.8 Å². The maximum absolute atomic E-state index is 13.0. The Balaban J connectivity index is 1.48. The van der Waals surface area contributed by atoms with Crippen molar-refractivity contribution in [2.45, 2.75) is 55.8 Å². The monoisotopic (exact) mass is 432 g/mol. The van der Waals surface area contributed by atoms with Crippen LogP contribution in [0, 0.1) is 0 Å². The Morgan fingerprint density at radius 1 is 1.14 bits per heavy atom. The molecular weight excluding hydrogens is 408 g/mol. The molecule has 0 N–H and O–H groups in total. The summed E-state index contributed by atoms with van der Waals surface area (Å²) in [4.78, 5) is 19.8. The van der Waals surface area contributed by atoms with Gasteiger partial charge in [0.15, 0.2) is 9.84 Å². The number of sulfone groups is 1. The standard InChI is InChI=1S/C22H25ClN2O3S/c1-2-29(27,28)17-8-5-16(6-9-17)7-12-20(26)25-15-22(13-3-4-14-22)21-18(25)10-11-19(23)24-21/h5-6,8-11H,2-4,7,12-15H2,1H3. The molecule has 0 atom stereocenters. The molecule has 1 aliphatic heterocycles. The number of aromatic nitrogens is 1. The van der Waals surface area contributed by atoms with E-state index in [0.717, 1.165) is 42.6 Å². The highest BCUT2D eigenvalue weighted by Gasteiger charge is 2.47. The van der Waals surface area contributed by atoms with Crippen LogP contribution in [0.3, 0.4) is 0 Å². The predicted octanol–water partition coefficient (Wildman–Crippen LogP) is 4.32. The molecule has 2 aromatic rings. The van der Waals surface area contributed by atoms with Crippen LogP contribution in [0.25, 0.3) is 0 Å². The average molecular weight is 433 g/mol. The molecule has 0 unspecified atom stereocenters. The second kappa shape index (κ2) is 7.73. The first-order valence-corrected chi connectivity index (χ1v) is 12.2. The summed E-state index contributed by atoms with van der Waals surface area (Å²) in [7, 11) is -3.20. The number of halogens is 1. The van der Waals surface area contributed by atoms with Gasteiger partial charge in [0.25, 0.3) is 0 Å². The van der Waals surface area contributed by atoms with Gasteiger partial charge in [0.05, 0.1) is 22.0 Å². The molecule has 1 saturated carbocycles. The maximum Gasteiger partial charge on any atom is 0.227 e. The highest BCUT2D eigenvalue weighted by molar-refractivity contribution is 7.91. The van der Waals surface area contributed by atoms with E-state index in [2.05, 4.69) is 4.98 Å². The molecule has 1 spiro atoms. The number of anilines is 1. The van der Waals surface area contributed by atoms with E-state index in [1.165, 1.54) is 0 Å². The summed E-state index contributed by atoms with van der Waals surface area (Å²) < 4.78 is 23.9. The minimum absolute atomic E-state index is 0.0495. The van der Waals surface area contributed by atoms with E-state index >= 15 is 0 Å². The van der Waals surface area contributed by atoms with Crippen molar-refractivity contribution in [2.24, 2.45) is 0 Å². The van der Waals surface area contributed by atoms with E-state index in [1.807, 2.05) is 11.0 Å². The number of hydrogen-bond donors (Lipinski definition) is 0. The third-order valence-electron chi connectivity index (χ3n) is 6.25. The molecule has 0 bridgehead atoms. The van der Waals surface area contributed by atoms with E-state index in [9.17, 15) is 13.2 Å². The molecule has 4 rings (SSSR count). The summed E-state index contributed by atoms with van der Waals surface area (Å²) in [5, 5.41) is 0.478. The number of carbonyl (C=O) groups excluding carboxylic acids is 1. The lowest BCUT2D eigenvalue weighted by Crippen LogP contribution is -2.35. The van der Waals surface area contributed by atoms with Crippen LogP contribution in [-0.2, 0) is 26.5 Å². The fraction of sp³-hybridized carbons (Fsp3) is 0.455. The first kappa shape index (κ1) is 20.4. The lowest BCUT2D eigenvalue weighted by Gasteiger charge is -2.24. The van der Waals surface area contributed by atoms with Crippen LogP contribution in [0.2, 0.25) is 5.15 Å². The van der Waals surface area contributed by atoms with Crippen molar-refractivity contribution in [3.63, 3.8) is 0 Å². The minimum atomic E-state index is -3.20. The van der Waals surface area contributed by atoms with Crippen LogP contribution in [0.5, 0.6) is 0 Å². The van der Waals surface area contributed by atoms with Crippen LogP contribution >= 0.6 is 11.6 Å². The van der Waals surface area contributed by atoms with Gasteiger partial charge in [-0.2, -0.15) is 0 Å². The topological polar surface area (TPSA) is 67.3 Å². The summed E-state index contributed by atoms with van der Waals surface area (Å²) in [5.74, 6) is 0.156. The molecule has 29 heavy (non-hydrogen) atoms. The zero-order valence-electron chi connectivity index (χ0n) is 16.5. The third-order valence-corrected chi connectivity index (χ3v) is 8.21. The Morgan fingerprint density at radius 2 is 1.83 bits per heavy atom. The SMILES string of the molecule is CCS(=O)(=O)c1ccc(CCC(=O)N2CC3(CCCC3)c3nc(Cl)ccc32)cc1. The van der Waals surface area contributed by atoms with Crippen LogP contribution in [-0.4, -0.2) is 31.6 Å². The van der Waals surface area contributed by atoms with Gasteiger partial charge >= 0.3 is 0 Å². The fourth-order valence-corrected chi connectivity index (χ4v) is 5.62. The number of pyridine rings is 1. The molecular formula is C22H25ClN2O3S. The van der Waals surface area contributed by atoms with E-state index < -0.39 is 9.84 Å². The summed E-state index contributed by atoms with van der Waals surface area (Å²) in [5.41, 5.74) is 2.78. The van der Waals surface area contributed by atoms with Crippen molar-refractivity contribution in [3.8, 4) is 0 Å². The Labute approximate surface area is 177 Å². The molecule has 1 aromatic heterocycles. The van der Waals surface area contributed by atoms with Gasteiger partial charge in [-0.25, -0.2) is 13.4 Å². The van der Waals surface area contributed by atoms with Gasteiger partial charge in [-0.15, -0.1) is 0 Å². The largest absolute Gasteiger partial charge is 0.310 e. The first-order chi connectivity index (χ1) is 13.8. The summed E-state index contributed by atoms with van der Waals surface area (Å²) in [6.45, 7) is 2.32. The number of carbonyl (C=O) groups is 1. The molecule has 2 heterocycles. The minimum Gasteiger partial charge on any atom is -0.310 e. The molecule has 1 fully saturated rings. The molecule has 1 aliphatic carbocycles. The van der Waals surface area contributed by atoms with Gasteiger partial charge in [0.2, 0.25) is 5.91 Å². The van der Waals surface area contributed by atoms with Crippen LogP contribution < -0.4 is 4.90 Å². The normalized spacial score (nSPS) is 17.7. The van der Waals surface area contributed by atoms with Crippen molar-refractivity contribution in [1.29, 1.82) is 0 Å². The van der Waals surface area contributed by atoms with Crippen LogP contribution in [0.4, 0.5) is 5.69 Å². The van der Waals surface area contributed by atoms with E-state index in [4.69, 9.17) is 11.6 Å². The van der Waals surface area contributed by atoms with Gasteiger partial charge in [-0.3, -0.25) is 4.79 Å². The average Bonchev–Trinajstić information content (AvgIpc) is 3.32.